The number of hydrogen-bond acceptors (Lipinski definition) is 4. The van der Waals surface area contributed by atoms with Crippen molar-refractivity contribution in [3.8, 4) is 17.1 Å². The molecule has 2 heterocycles. The molecule has 0 saturated heterocycles. The van der Waals surface area contributed by atoms with Crippen molar-refractivity contribution >= 4 is 5.91 Å². The molecule has 0 spiro atoms. The van der Waals surface area contributed by atoms with Gasteiger partial charge in [0.25, 0.3) is 5.91 Å². The molecule has 0 fully saturated rings. The fourth-order valence-corrected chi connectivity index (χ4v) is 3.05. The summed E-state index contributed by atoms with van der Waals surface area (Å²) in [5.41, 5.74) is 2.23. The molecule has 1 atom stereocenters. The summed E-state index contributed by atoms with van der Waals surface area (Å²) in [6, 6.07) is 10.3. The summed E-state index contributed by atoms with van der Waals surface area (Å²) in [6.07, 6.45) is 0.992. The van der Waals surface area contributed by atoms with Crippen molar-refractivity contribution in [1.82, 2.24) is 10.5 Å². The van der Waals surface area contributed by atoms with Gasteiger partial charge in [-0.25, -0.2) is 8.78 Å². The Kier molecular flexibility index (Phi) is 4.35. The van der Waals surface area contributed by atoms with Crippen molar-refractivity contribution in [3.05, 3.63) is 70.9 Å². The third kappa shape index (κ3) is 3.53. The summed E-state index contributed by atoms with van der Waals surface area (Å²) in [5.74, 6) is -0.864. The summed E-state index contributed by atoms with van der Waals surface area (Å²) in [6.45, 7) is 2.07. The van der Waals surface area contributed by atoms with E-state index >= 15 is 0 Å². The average Bonchev–Trinajstić information content (AvgIpc) is 3.24. The highest BCUT2D eigenvalue weighted by molar-refractivity contribution is 5.94. The second-order valence-electron chi connectivity index (χ2n) is 6.44. The van der Waals surface area contributed by atoms with Crippen molar-refractivity contribution in [3.63, 3.8) is 0 Å². The molecular weight excluding hydrogens is 354 g/mol. The number of halogens is 2. The summed E-state index contributed by atoms with van der Waals surface area (Å²) >= 11 is 0. The zero-order valence-corrected chi connectivity index (χ0v) is 14.5. The topological polar surface area (TPSA) is 64.4 Å². The van der Waals surface area contributed by atoms with Gasteiger partial charge in [0.1, 0.15) is 29.2 Å². The molecule has 1 aliphatic rings. The second kappa shape index (κ2) is 6.83. The number of amides is 1. The van der Waals surface area contributed by atoms with Crippen LogP contribution in [0.3, 0.4) is 0 Å². The predicted molar refractivity (Wildman–Crippen MR) is 93.3 cm³/mol. The maximum absolute atomic E-state index is 13.6. The lowest BCUT2D eigenvalue weighted by atomic mass is 10.1. The molecule has 0 bridgehead atoms. The van der Waals surface area contributed by atoms with Gasteiger partial charge in [0.2, 0.25) is 0 Å². The SMILES string of the molecule is CC1Cc2cc(-c3cc(CNC(=O)c4ccc(F)cc4F)no3)ccc2O1. The van der Waals surface area contributed by atoms with Crippen LogP contribution in [0.25, 0.3) is 11.3 Å². The first-order valence-corrected chi connectivity index (χ1v) is 8.48. The molecule has 1 aromatic heterocycles. The summed E-state index contributed by atoms with van der Waals surface area (Å²) in [4.78, 5) is 12.0. The van der Waals surface area contributed by atoms with Crippen LogP contribution in [0.1, 0.15) is 28.5 Å². The minimum absolute atomic E-state index is 0.0598. The molecule has 1 unspecified atom stereocenters. The first-order chi connectivity index (χ1) is 13.0. The Morgan fingerprint density at radius 1 is 1.22 bits per heavy atom. The Hall–Kier alpha value is -3.22. The molecule has 0 aliphatic carbocycles. The van der Waals surface area contributed by atoms with Gasteiger partial charge in [-0.1, -0.05) is 5.16 Å². The van der Waals surface area contributed by atoms with E-state index in [1.165, 1.54) is 0 Å². The molecule has 4 rings (SSSR count). The average molecular weight is 370 g/mol. The van der Waals surface area contributed by atoms with E-state index in [2.05, 4.69) is 10.5 Å². The van der Waals surface area contributed by atoms with Crippen LogP contribution in [0.5, 0.6) is 5.75 Å². The van der Waals surface area contributed by atoms with Gasteiger partial charge in [-0.3, -0.25) is 4.79 Å². The zero-order valence-electron chi connectivity index (χ0n) is 14.5. The number of rotatable bonds is 4. The Bertz CT molecular complexity index is 1020. The van der Waals surface area contributed by atoms with Gasteiger partial charge < -0.3 is 14.6 Å². The van der Waals surface area contributed by atoms with Crippen LogP contribution in [-0.2, 0) is 13.0 Å². The van der Waals surface area contributed by atoms with E-state index in [0.29, 0.717) is 17.5 Å². The molecule has 5 nitrogen and oxygen atoms in total. The molecule has 0 saturated carbocycles. The standard InChI is InChI=1S/C20H16F2N2O3/c1-11-6-13-7-12(2-5-18(13)26-11)19-9-15(24-27-19)10-23-20(25)16-4-3-14(21)8-17(16)22/h2-5,7-9,11H,6,10H2,1H3,(H,23,25). The molecule has 1 aliphatic heterocycles. The first-order valence-electron chi connectivity index (χ1n) is 8.48. The number of nitrogens with zero attached hydrogens (tertiary/aromatic N) is 1. The minimum atomic E-state index is -0.914. The van der Waals surface area contributed by atoms with Crippen LogP contribution in [0.2, 0.25) is 0 Å². The molecule has 138 valence electrons. The van der Waals surface area contributed by atoms with Gasteiger partial charge in [0.15, 0.2) is 5.76 Å². The molecule has 1 N–H and O–H groups in total. The number of nitrogens with one attached hydrogen (secondary N) is 1. The van der Waals surface area contributed by atoms with Crippen molar-refractivity contribution in [2.45, 2.75) is 26.0 Å². The number of carbonyl (C=O) groups is 1. The van der Waals surface area contributed by atoms with Gasteiger partial charge >= 0.3 is 0 Å². The van der Waals surface area contributed by atoms with Gasteiger partial charge in [-0.05, 0) is 42.8 Å². The van der Waals surface area contributed by atoms with E-state index in [1.54, 1.807) is 6.07 Å². The molecule has 27 heavy (non-hydrogen) atoms. The summed E-state index contributed by atoms with van der Waals surface area (Å²) in [7, 11) is 0. The number of fused-ring (bicyclic) bond motifs is 1. The highest BCUT2D eigenvalue weighted by Gasteiger charge is 2.20. The first kappa shape index (κ1) is 17.2. The van der Waals surface area contributed by atoms with E-state index in [4.69, 9.17) is 9.26 Å². The van der Waals surface area contributed by atoms with E-state index in [0.717, 1.165) is 35.4 Å². The Labute approximate surface area is 153 Å². The Morgan fingerprint density at radius 3 is 2.89 bits per heavy atom. The highest BCUT2D eigenvalue weighted by Crippen LogP contribution is 2.33. The van der Waals surface area contributed by atoms with Crippen LogP contribution in [0, 0.1) is 11.6 Å². The van der Waals surface area contributed by atoms with Crippen molar-refractivity contribution < 1.29 is 22.8 Å². The van der Waals surface area contributed by atoms with Gasteiger partial charge in [0, 0.05) is 24.1 Å². The van der Waals surface area contributed by atoms with Crippen LogP contribution in [0.4, 0.5) is 8.78 Å². The van der Waals surface area contributed by atoms with Crippen LogP contribution >= 0.6 is 0 Å². The lowest BCUT2D eigenvalue weighted by Gasteiger charge is -2.04. The van der Waals surface area contributed by atoms with Crippen LogP contribution in [-0.4, -0.2) is 17.2 Å². The fraction of sp³-hybridized carbons (Fsp3) is 0.200. The lowest BCUT2D eigenvalue weighted by Crippen LogP contribution is -2.24. The molecule has 3 aromatic rings. The fourth-order valence-electron chi connectivity index (χ4n) is 3.05. The largest absolute Gasteiger partial charge is 0.490 e. The van der Waals surface area contributed by atoms with E-state index < -0.39 is 17.5 Å². The molecule has 0 radical (unpaired) electrons. The van der Waals surface area contributed by atoms with Crippen LogP contribution in [0.15, 0.2) is 47.0 Å². The number of carbonyl (C=O) groups excluding carboxylic acids is 1. The van der Waals surface area contributed by atoms with Crippen LogP contribution < -0.4 is 10.1 Å². The van der Waals surface area contributed by atoms with E-state index in [-0.39, 0.29) is 18.2 Å². The molecular formula is C20H16F2N2O3. The van der Waals surface area contributed by atoms with E-state index in [1.807, 2.05) is 25.1 Å². The summed E-state index contributed by atoms with van der Waals surface area (Å²) < 4.78 is 37.6. The normalized spacial score (nSPS) is 15.3. The predicted octanol–water partition coefficient (Wildman–Crippen LogP) is 3.87. The quantitative estimate of drug-likeness (QED) is 0.757. The van der Waals surface area contributed by atoms with Gasteiger partial charge in [-0.15, -0.1) is 0 Å². The number of benzene rings is 2. The Balaban J connectivity index is 1.44. The molecule has 2 aromatic carbocycles. The third-order valence-electron chi connectivity index (χ3n) is 4.35. The number of ether oxygens (including phenoxy) is 1. The zero-order chi connectivity index (χ0) is 19.0. The van der Waals surface area contributed by atoms with Crippen molar-refractivity contribution in [2.24, 2.45) is 0 Å². The third-order valence-corrected chi connectivity index (χ3v) is 4.35. The van der Waals surface area contributed by atoms with E-state index in [9.17, 15) is 13.6 Å². The highest BCUT2D eigenvalue weighted by atomic mass is 19.1. The number of hydrogen-bond donors (Lipinski definition) is 1. The molecule has 1 amide bonds. The minimum Gasteiger partial charge on any atom is -0.490 e. The second-order valence-corrected chi connectivity index (χ2v) is 6.44. The lowest BCUT2D eigenvalue weighted by molar-refractivity contribution is 0.0946. The monoisotopic (exact) mass is 370 g/mol. The summed E-state index contributed by atoms with van der Waals surface area (Å²) in [5, 5.41) is 6.47. The molecule has 7 heteroatoms. The smallest absolute Gasteiger partial charge is 0.254 e. The Morgan fingerprint density at radius 2 is 2.07 bits per heavy atom. The van der Waals surface area contributed by atoms with Gasteiger partial charge in [-0.2, -0.15) is 0 Å². The number of aromatic nitrogens is 1. The maximum Gasteiger partial charge on any atom is 0.254 e. The maximum atomic E-state index is 13.6. The van der Waals surface area contributed by atoms with Crippen molar-refractivity contribution in [2.75, 3.05) is 0 Å². The van der Waals surface area contributed by atoms with Gasteiger partial charge in [0.05, 0.1) is 12.1 Å². The van der Waals surface area contributed by atoms with Crippen molar-refractivity contribution in [1.29, 1.82) is 0 Å².